The van der Waals surface area contributed by atoms with E-state index in [-0.39, 0.29) is 53.7 Å². The molecule has 4 saturated carbocycles. The van der Waals surface area contributed by atoms with Gasteiger partial charge < -0.3 is 35.2 Å². The van der Waals surface area contributed by atoms with Crippen LogP contribution in [0.5, 0.6) is 0 Å². The Kier molecular flexibility index (Phi) is 9.95. The summed E-state index contributed by atoms with van der Waals surface area (Å²) in [6.07, 6.45) is -2.45. The van der Waals surface area contributed by atoms with Gasteiger partial charge in [0.05, 0.1) is 24.4 Å². The molecule has 220 valence electrons. The summed E-state index contributed by atoms with van der Waals surface area (Å²) < 4.78 is 40.1. The van der Waals surface area contributed by atoms with Crippen molar-refractivity contribution in [1.82, 2.24) is 0 Å². The largest absolute Gasteiger partial charge is 1.00 e. The van der Waals surface area contributed by atoms with Crippen LogP contribution in [0.15, 0.2) is 12.2 Å². The summed E-state index contributed by atoms with van der Waals surface area (Å²) in [5.74, 6) is -2.77. The van der Waals surface area contributed by atoms with Crippen molar-refractivity contribution in [1.29, 1.82) is 0 Å². The van der Waals surface area contributed by atoms with E-state index in [2.05, 4.69) is 0 Å². The maximum Gasteiger partial charge on any atom is 1.00 e. The number of hydrogen-bond acceptors (Lipinski definition) is 10. The first kappa shape index (κ1) is 33.9. The molecule has 4 aliphatic rings. The molecular formula is C27H45NaO10S. The summed E-state index contributed by atoms with van der Waals surface area (Å²) in [5.41, 5.74) is -3.65. The Morgan fingerprint density at radius 2 is 1.56 bits per heavy atom. The zero-order chi connectivity index (χ0) is 28.6. The molecule has 39 heavy (non-hydrogen) atoms. The van der Waals surface area contributed by atoms with Crippen molar-refractivity contribution >= 4 is 10.4 Å². The van der Waals surface area contributed by atoms with E-state index in [1.165, 1.54) is 0 Å². The Balaban J connectivity index is 0.00000420. The smallest absolute Gasteiger partial charge is 0.726 e. The zero-order valence-electron chi connectivity index (χ0n) is 23.8. The second-order valence-corrected chi connectivity index (χ2v) is 14.4. The minimum Gasteiger partial charge on any atom is -0.726 e. The number of hydrogen-bond donors (Lipinski definition) is 6. The van der Waals surface area contributed by atoms with Gasteiger partial charge in [-0.15, -0.1) is 0 Å². The van der Waals surface area contributed by atoms with Gasteiger partial charge in [0, 0.05) is 11.8 Å². The quantitative estimate of drug-likeness (QED) is 0.0858. The first-order chi connectivity index (χ1) is 17.4. The molecule has 10 nitrogen and oxygen atoms in total. The van der Waals surface area contributed by atoms with Gasteiger partial charge in [-0.05, 0) is 66.6 Å². The maximum atomic E-state index is 12.5. The molecule has 0 heterocycles. The number of aliphatic hydroxyl groups excluding tert-OH is 5. The maximum absolute atomic E-state index is 12.5. The summed E-state index contributed by atoms with van der Waals surface area (Å²) in [4.78, 5) is 0. The third-order valence-electron chi connectivity index (χ3n) is 11.1. The van der Waals surface area contributed by atoms with E-state index >= 15 is 0 Å². The molecule has 6 N–H and O–H groups in total. The van der Waals surface area contributed by atoms with Crippen molar-refractivity contribution in [3.63, 3.8) is 0 Å². The van der Waals surface area contributed by atoms with E-state index in [4.69, 9.17) is 4.18 Å². The third-order valence-corrected chi connectivity index (χ3v) is 11.5. The van der Waals surface area contributed by atoms with E-state index in [1.54, 1.807) is 13.0 Å². The van der Waals surface area contributed by atoms with Crippen LogP contribution in [-0.4, -0.2) is 85.8 Å². The average molecular weight is 585 g/mol. The standard InChI is InChI=1S/C27H46O10S.Na/c1-13(2)16(28)7-6-14(3)15-12-18(30)23-25(15,4)11-9-19-26(5)10-8-17(29)21(31)20(26)22(37-38(34,35)36)24(32)27(19,23)33;/h6-7,13-24,28-33H,8-12H2,1-5H3,(H,34,35,36);/q;+1/p-1/b7-6+;/t14-,15-,16+,17+,18-,19?,20?,21+,22-,23?,24-,25-,26-,27+;/m1./s1. The summed E-state index contributed by atoms with van der Waals surface area (Å²) in [7, 11) is -5.35. The van der Waals surface area contributed by atoms with Crippen molar-refractivity contribution in [2.75, 3.05) is 0 Å². The van der Waals surface area contributed by atoms with Gasteiger partial charge in [-0.1, -0.05) is 46.8 Å². The topological polar surface area (TPSA) is 188 Å². The molecular weight excluding hydrogens is 539 g/mol. The predicted molar refractivity (Wildman–Crippen MR) is 136 cm³/mol. The average Bonchev–Trinajstić information content (AvgIpc) is 3.08. The molecule has 4 rings (SSSR count). The molecule has 0 saturated heterocycles. The molecule has 0 aromatic heterocycles. The summed E-state index contributed by atoms with van der Waals surface area (Å²) in [5, 5.41) is 67.2. The van der Waals surface area contributed by atoms with Gasteiger partial charge >= 0.3 is 29.6 Å². The van der Waals surface area contributed by atoms with Gasteiger partial charge in [0.25, 0.3) is 0 Å². The van der Waals surface area contributed by atoms with Crippen molar-refractivity contribution in [3.8, 4) is 0 Å². The molecule has 0 amide bonds. The van der Waals surface area contributed by atoms with Gasteiger partial charge in [-0.3, -0.25) is 4.18 Å². The van der Waals surface area contributed by atoms with Gasteiger partial charge in [-0.25, -0.2) is 8.42 Å². The van der Waals surface area contributed by atoms with Gasteiger partial charge in [0.1, 0.15) is 17.8 Å². The molecule has 3 unspecified atom stereocenters. The second-order valence-electron chi connectivity index (χ2n) is 13.4. The van der Waals surface area contributed by atoms with Crippen LogP contribution >= 0.6 is 0 Å². The summed E-state index contributed by atoms with van der Waals surface area (Å²) in [6.45, 7) is 9.56. The third kappa shape index (κ3) is 5.47. The van der Waals surface area contributed by atoms with Crippen LogP contribution in [0.4, 0.5) is 0 Å². The second kappa shape index (κ2) is 11.5. The van der Waals surface area contributed by atoms with Crippen LogP contribution in [0, 0.1) is 46.3 Å². The van der Waals surface area contributed by atoms with Crippen LogP contribution in [-0.2, 0) is 14.6 Å². The van der Waals surface area contributed by atoms with Gasteiger partial charge in [-0.2, -0.15) is 0 Å². The monoisotopic (exact) mass is 584 g/mol. The molecule has 0 bridgehead atoms. The van der Waals surface area contributed by atoms with Crippen LogP contribution in [0.2, 0.25) is 0 Å². The summed E-state index contributed by atoms with van der Waals surface area (Å²) >= 11 is 0. The fourth-order valence-electron chi connectivity index (χ4n) is 9.23. The number of fused-ring (bicyclic) bond motifs is 5. The molecule has 12 heteroatoms. The molecule has 4 aliphatic carbocycles. The van der Waals surface area contributed by atoms with E-state index in [1.807, 2.05) is 33.8 Å². The Morgan fingerprint density at radius 1 is 0.974 bits per heavy atom. The van der Waals surface area contributed by atoms with Crippen LogP contribution in [0.1, 0.15) is 66.7 Å². The number of aliphatic hydroxyl groups is 6. The van der Waals surface area contributed by atoms with Crippen LogP contribution in [0.25, 0.3) is 0 Å². The molecule has 0 aliphatic heterocycles. The normalized spacial score (nSPS) is 49.6. The Labute approximate surface area is 254 Å². The Hall–Kier alpha value is 0.370. The van der Waals surface area contributed by atoms with Crippen LogP contribution in [0.3, 0.4) is 0 Å². The van der Waals surface area contributed by atoms with Crippen molar-refractivity contribution < 1.29 is 77.4 Å². The van der Waals surface area contributed by atoms with Crippen molar-refractivity contribution in [2.24, 2.45) is 46.3 Å². The summed E-state index contributed by atoms with van der Waals surface area (Å²) in [6, 6.07) is 0. The Bertz CT molecular complexity index is 1020. The fourth-order valence-corrected chi connectivity index (χ4v) is 9.73. The predicted octanol–water partition coefficient (Wildman–Crippen LogP) is -2.30. The molecule has 0 aromatic rings. The molecule has 14 atom stereocenters. The number of rotatable bonds is 6. The number of allylic oxidation sites excluding steroid dienone is 1. The Morgan fingerprint density at radius 3 is 2.13 bits per heavy atom. The van der Waals surface area contributed by atoms with E-state index in [0.29, 0.717) is 25.7 Å². The molecule has 0 aromatic carbocycles. The van der Waals surface area contributed by atoms with Crippen molar-refractivity contribution in [3.05, 3.63) is 12.2 Å². The fraction of sp³-hybridized carbons (Fsp3) is 0.926. The van der Waals surface area contributed by atoms with Gasteiger partial charge in [0.15, 0.2) is 0 Å². The molecule has 0 spiro atoms. The van der Waals surface area contributed by atoms with Crippen molar-refractivity contribution in [2.45, 2.75) is 109 Å². The minimum absolute atomic E-state index is 0. The minimum atomic E-state index is -5.35. The first-order valence-corrected chi connectivity index (χ1v) is 15.2. The van der Waals surface area contributed by atoms with Gasteiger partial charge in [0.2, 0.25) is 10.4 Å². The SMILES string of the molecule is CC(C)[C@@H](O)/C=C/[C@@H](C)[C@H]1C[C@@H](O)C2[C@@]3(O)C(CC[C@@]21C)[C@@]1(C)CC[C@H](O)[C@H](O)C1[C@@H](OS(=O)(=O)[O-])[C@H]3O.[Na+]. The zero-order valence-corrected chi connectivity index (χ0v) is 26.7. The molecule has 0 radical (unpaired) electrons. The van der Waals surface area contributed by atoms with E-state index in [9.17, 15) is 43.6 Å². The van der Waals surface area contributed by atoms with E-state index < -0.39 is 81.2 Å². The molecule has 4 fully saturated rings. The van der Waals surface area contributed by atoms with Crippen LogP contribution < -0.4 is 29.6 Å². The van der Waals surface area contributed by atoms with E-state index in [0.717, 1.165) is 0 Å². The first-order valence-electron chi connectivity index (χ1n) is 13.8.